The summed E-state index contributed by atoms with van der Waals surface area (Å²) in [7, 11) is 1.63. The first-order valence-electron chi connectivity index (χ1n) is 6.65. The highest BCUT2D eigenvalue weighted by atomic mass is 35.5. The zero-order valence-electron chi connectivity index (χ0n) is 11.5. The van der Waals surface area contributed by atoms with Crippen molar-refractivity contribution in [3.63, 3.8) is 0 Å². The monoisotopic (exact) mass is 302 g/mol. The van der Waals surface area contributed by atoms with E-state index in [4.69, 9.17) is 25.8 Å². The molecule has 7 nitrogen and oxygen atoms in total. The van der Waals surface area contributed by atoms with Crippen LogP contribution in [0.15, 0.2) is 0 Å². The van der Waals surface area contributed by atoms with Crippen molar-refractivity contribution in [3.05, 3.63) is 5.28 Å². The van der Waals surface area contributed by atoms with Crippen LogP contribution in [0, 0.1) is 0 Å². The normalized spacial score (nSPS) is 14.8. The second-order valence-electron chi connectivity index (χ2n) is 4.33. The Labute approximate surface area is 123 Å². The quantitative estimate of drug-likeness (QED) is 0.668. The molecule has 0 aliphatic carbocycles. The topological polar surface area (TPSA) is 69.6 Å². The van der Waals surface area contributed by atoms with Crippen LogP contribution in [0.5, 0.6) is 6.01 Å². The Balaban J connectivity index is 1.81. The van der Waals surface area contributed by atoms with Gasteiger partial charge in [0.05, 0.1) is 19.8 Å². The zero-order chi connectivity index (χ0) is 14.2. The number of ether oxygens (including phenoxy) is 3. The third kappa shape index (κ3) is 4.73. The highest BCUT2D eigenvalue weighted by molar-refractivity contribution is 6.28. The van der Waals surface area contributed by atoms with E-state index in [-0.39, 0.29) is 11.3 Å². The molecule has 0 aromatic carbocycles. The lowest BCUT2D eigenvalue weighted by molar-refractivity contribution is 0.0528. The minimum absolute atomic E-state index is 0.150. The van der Waals surface area contributed by atoms with Crippen LogP contribution in [0.2, 0.25) is 5.28 Å². The molecule has 1 fully saturated rings. The van der Waals surface area contributed by atoms with Crippen molar-refractivity contribution in [3.8, 4) is 6.01 Å². The van der Waals surface area contributed by atoms with E-state index >= 15 is 0 Å². The highest BCUT2D eigenvalue weighted by Crippen LogP contribution is 2.19. The number of halogens is 1. The predicted molar refractivity (Wildman–Crippen MR) is 74.5 cm³/mol. The van der Waals surface area contributed by atoms with Crippen LogP contribution in [0.1, 0.15) is 12.8 Å². The fourth-order valence-corrected chi connectivity index (χ4v) is 2.03. The summed E-state index contributed by atoms with van der Waals surface area (Å²) >= 11 is 5.89. The summed E-state index contributed by atoms with van der Waals surface area (Å²) in [5.74, 6) is 0.581. The molecule has 1 saturated heterocycles. The molecule has 0 amide bonds. The Morgan fingerprint density at radius 3 is 2.55 bits per heavy atom. The van der Waals surface area contributed by atoms with Crippen molar-refractivity contribution in [2.75, 3.05) is 51.5 Å². The first kappa shape index (κ1) is 15.2. The van der Waals surface area contributed by atoms with Crippen LogP contribution >= 0.6 is 11.6 Å². The predicted octanol–water partition coefficient (Wildman–Crippen LogP) is 1.17. The van der Waals surface area contributed by atoms with Crippen molar-refractivity contribution in [1.82, 2.24) is 15.0 Å². The van der Waals surface area contributed by atoms with Gasteiger partial charge in [0.15, 0.2) is 0 Å². The van der Waals surface area contributed by atoms with Gasteiger partial charge < -0.3 is 19.1 Å². The van der Waals surface area contributed by atoms with E-state index < -0.39 is 0 Å². The van der Waals surface area contributed by atoms with Gasteiger partial charge in [0.2, 0.25) is 11.2 Å². The maximum atomic E-state index is 5.89. The molecule has 0 spiro atoms. The Hall–Kier alpha value is -1.18. The largest absolute Gasteiger partial charge is 0.461 e. The molecule has 8 heteroatoms. The van der Waals surface area contributed by atoms with E-state index in [1.165, 1.54) is 0 Å². The van der Waals surface area contributed by atoms with Crippen LogP contribution in [0.25, 0.3) is 0 Å². The first-order valence-corrected chi connectivity index (χ1v) is 7.03. The second-order valence-corrected chi connectivity index (χ2v) is 4.67. The van der Waals surface area contributed by atoms with Gasteiger partial charge in [-0.2, -0.15) is 15.0 Å². The summed E-state index contributed by atoms with van der Waals surface area (Å²) in [4.78, 5) is 14.4. The standard InChI is InChI=1S/C12H19ClN4O3/c1-18-6-7-19-8-9-20-12-15-10(13)14-11(16-12)17-4-2-3-5-17/h2-9H2,1H3. The van der Waals surface area contributed by atoms with Gasteiger partial charge in [-0.15, -0.1) is 0 Å². The number of rotatable bonds is 8. The summed E-state index contributed by atoms with van der Waals surface area (Å²) in [6.07, 6.45) is 2.29. The van der Waals surface area contributed by atoms with Gasteiger partial charge in [-0.25, -0.2) is 0 Å². The fraction of sp³-hybridized carbons (Fsp3) is 0.750. The molecule has 0 atom stereocenters. The molecule has 1 aliphatic heterocycles. The van der Waals surface area contributed by atoms with Gasteiger partial charge >= 0.3 is 6.01 Å². The van der Waals surface area contributed by atoms with Gasteiger partial charge in [-0.1, -0.05) is 0 Å². The van der Waals surface area contributed by atoms with Crippen molar-refractivity contribution >= 4 is 17.5 Å². The number of anilines is 1. The Morgan fingerprint density at radius 1 is 1.05 bits per heavy atom. The summed E-state index contributed by atoms with van der Waals surface area (Å²) in [6, 6.07) is 0.238. The molecule has 0 saturated carbocycles. The molecule has 2 rings (SSSR count). The lowest BCUT2D eigenvalue weighted by Crippen LogP contribution is -2.21. The van der Waals surface area contributed by atoms with E-state index in [1.54, 1.807) is 7.11 Å². The summed E-state index contributed by atoms with van der Waals surface area (Å²) in [5.41, 5.74) is 0. The van der Waals surface area contributed by atoms with E-state index in [9.17, 15) is 0 Å². The van der Waals surface area contributed by atoms with E-state index in [1.807, 2.05) is 0 Å². The van der Waals surface area contributed by atoms with Crippen molar-refractivity contribution < 1.29 is 14.2 Å². The van der Waals surface area contributed by atoms with Crippen molar-refractivity contribution in [2.45, 2.75) is 12.8 Å². The SMILES string of the molecule is COCCOCCOc1nc(Cl)nc(N2CCCC2)n1. The van der Waals surface area contributed by atoms with Gasteiger partial charge in [0.25, 0.3) is 0 Å². The third-order valence-corrected chi connectivity index (χ3v) is 3.02. The number of hydrogen-bond donors (Lipinski definition) is 0. The summed E-state index contributed by atoms with van der Waals surface area (Å²) in [6.45, 7) is 3.81. The van der Waals surface area contributed by atoms with Crippen LogP contribution in [-0.4, -0.2) is 61.6 Å². The minimum Gasteiger partial charge on any atom is -0.461 e. The Morgan fingerprint density at radius 2 is 1.80 bits per heavy atom. The van der Waals surface area contributed by atoms with Gasteiger partial charge in [-0.05, 0) is 24.4 Å². The summed E-state index contributed by atoms with van der Waals surface area (Å²) < 4.78 is 15.6. The molecule has 1 aromatic heterocycles. The molecule has 112 valence electrons. The van der Waals surface area contributed by atoms with Crippen LogP contribution < -0.4 is 9.64 Å². The molecule has 0 N–H and O–H groups in total. The molecule has 2 heterocycles. The highest BCUT2D eigenvalue weighted by Gasteiger charge is 2.17. The molecular formula is C12H19ClN4O3. The maximum absolute atomic E-state index is 5.89. The number of methoxy groups -OCH3 is 1. The molecule has 20 heavy (non-hydrogen) atoms. The molecule has 0 bridgehead atoms. The Bertz CT molecular complexity index is 416. The fourth-order valence-electron chi connectivity index (χ4n) is 1.88. The molecule has 0 unspecified atom stereocenters. The number of hydrogen-bond acceptors (Lipinski definition) is 7. The molecular weight excluding hydrogens is 284 g/mol. The van der Waals surface area contributed by atoms with E-state index in [0.29, 0.717) is 32.4 Å². The smallest absolute Gasteiger partial charge is 0.322 e. The number of aromatic nitrogens is 3. The van der Waals surface area contributed by atoms with Gasteiger partial charge in [0.1, 0.15) is 6.61 Å². The van der Waals surface area contributed by atoms with Crippen LogP contribution in [0.4, 0.5) is 5.95 Å². The maximum Gasteiger partial charge on any atom is 0.322 e. The first-order chi connectivity index (χ1) is 9.79. The average molecular weight is 303 g/mol. The second kappa shape index (κ2) is 8.18. The van der Waals surface area contributed by atoms with Crippen LogP contribution in [0.3, 0.4) is 0 Å². The van der Waals surface area contributed by atoms with Crippen molar-refractivity contribution in [2.24, 2.45) is 0 Å². The number of nitrogens with zero attached hydrogens (tertiary/aromatic N) is 4. The lowest BCUT2D eigenvalue weighted by Gasteiger charge is -2.15. The lowest BCUT2D eigenvalue weighted by atomic mass is 10.4. The molecule has 1 aromatic rings. The van der Waals surface area contributed by atoms with E-state index in [0.717, 1.165) is 25.9 Å². The zero-order valence-corrected chi connectivity index (χ0v) is 12.3. The van der Waals surface area contributed by atoms with Crippen molar-refractivity contribution in [1.29, 1.82) is 0 Å². The minimum atomic E-state index is 0.150. The average Bonchev–Trinajstić information content (AvgIpc) is 2.96. The third-order valence-electron chi connectivity index (χ3n) is 2.86. The molecule has 1 aliphatic rings. The van der Waals surface area contributed by atoms with E-state index in [2.05, 4.69) is 19.9 Å². The Kier molecular flexibility index (Phi) is 6.23. The van der Waals surface area contributed by atoms with Gasteiger partial charge in [0, 0.05) is 20.2 Å². The molecule has 0 radical (unpaired) electrons. The summed E-state index contributed by atoms with van der Waals surface area (Å²) in [5, 5.41) is 0.150. The van der Waals surface area contributed by atoms with Gasteiger partial charge in [-0.3, -0.25) is 0 Å². The van der Waals surface area contributed by atoms with Crippen LogP contribution in [-0.2, 0) is 9.47 Å².